The topological polar surface area (TPSA) is 41.4 Å². The molecule has 5 heteroatoms. The van der Waals surface area contributed by atoms with E-state index in [0.717, 1.165) is 36.9 Å². The zero-order chi connectivity index (χ0) is 16.7. The van der Waals surface area contributed by atoms with Crippen LogP contribution in [0.5, 0.6) is 0 Å². The lowest BCUT2D eigenvalue weighted by Gasteiger charge is -2.39. The molecule has 0 spiro atoms. The fourth-order valence-electron chi connectivity index (χ4n) is 4.26. The molecule has 5 nitrogen and oxygen atoms in total. The highest BCUT2D eigenvalue weighted by Gasteiger charge is 2.44. The average molecular weight is 324 g/mol. The second-order valence-electron chi connectivity index (χ2n) is 7.15. The molecule has 2 unspecified atom stereocenters. The number of hydrogen-bond acceptors (Lipinski definition) is 3. The zero-order valence-corrected chi connectivity index (χ0v) is 14.3. The minimum Gasteiger partial charge on any atom is -0.378 e. The lowest BCUT2D eigenvalue weighted by molar-refractivity contribution is 0.0524. The van der Waals surface area contributed by atoms with Crippen LogP contribution in [-0.2, 0) is 0 Å². The first-order valence-electron chi connectivity index (χ1n) is 8.72. The van der Waals surface area contributed by atoms with Crippen molar-refractivity contribution in [2.75, 3.05) is 19.0 Å². The standard InChI is InChI=1S/C19H24N4O/c1-21(2)15-6-3-5-14(11-15)19(24)23-16-7-8-17(23)13-18(12-16)22-10-4-9-20-22/h3-6,9-11,16-18H,7-8,12-13H2,1-2H3. The first-order valence-corrected chi connectivity index (χ1v) is 8.72. The second-order valence-corrected chi connectivity index (χ2v) is 7.15. The summed E-state index contributed by atoms with van der Waals surface area (Å²) in [4.78, 5) is 17.3. The van der Waals surface area contributed by atoms with Gasteiger partial charge in [0.25, 0.3) is 5.91 Å². The van der Waals surface area contributed by atoms with Crippen molar-refractivity contribution in [3.63, 3.8) is 0 Å². The van der Waals surface area contributed by atoms with Crippen LogP contribution in [0.2, 0.25) is 0 Å². The van der Waals surface area contributed by atoms with E-state index in [1.807, 2.05) is 61.7 Å². The van der Waals surface area contributed by atoms with Crippen LogP contribution in [0.3, 0.4) is 0 Å². The van der Waals surface area contributed by atoms with Gasteiger partial charge in [-0.1, -0.05) is 6.07 Å². The summed E-state index contributed by atoms with van der Waals surface area (Å²) < 4.78 is 2.07. The van der Waals surface area contributed by atoms with Gasteiger partial charge in [-0.15, -0.1) is 0 Å². The fourth-order valence-corrected chi connectivity index (χ4v) is 4.26. The largest absolute Gasteiger partial charge is 0.378 e. The van der Waals surface area contributed by atoms with Gasteiger partial charge in [0.2, 0.25) is 0 Å². The van der Waals surface area contributed by atoms with E-state index < -0.39 is 0 Å². The van der Waals surface area contributed by atoms with E-state index in [2.05, 4.69) is 14.7 Å². The van der Waals surface area contributed by atoms with E-state index >= 15 is 0 Å². The number of anilines is 1. The Labute approximate surface area is 142 Å². The van der Waals surface area contributed by atoms with Gasteiger partial charge in [-0.05, 0) is 49.9 Å². The third-order valence-electron chi connectivity index (χ3n) is 5.45. The minimum atomic E-state index is 0.185. The molecule has 2 fully saturated rings. The number of rotatable bonds is 3. The molecule has 24 heavy (non-hydrogen) atoms. The van der Waals surface area contributed by atoms with Crippen molar-refractivity contribution in [3.8, 4) is 0 Å². The van der Waals surface area contributed by atoms with Gasteiger partial charge in [-0.25, -0.2) is 0 Å². The Balaban J connectivity index is 1.55. The number of piperidine rings is 1. The second kappa shape index (κ2) is 5.96. The monoisotopic (exact) mass is 324 g/mol. The number of benzene rings is 1. The van der Waals surface area contributed by atoms with Crippen LogP contribution in [0.1, 0.15) is 42.1 Å². The van der Waals surface area contributed by atoms with Crippen LogP contribution in [0, 0.1) is 0 Å². The smallest absolute Gasteiger partial charge is 0.254 e. The van der Waals surface area contributed by atoms with Crippen molar-refractivity contribution in [2.24, 2.45) is 0 Å². The van der Waals surface area contributed by atoms with E-state index in [1.165, 1.54) is 0 Å². The molecule has 126 valence electrons. The Bertz CT molecular complexity index is 711. The van der Waals surface area contributed by atoms with E-state index in [9.17, 15) is 4.79 Å². The van der Waals surface area contributed by atoms with Crippen molar-refractivity contribution in [1.82, 2.24) is 14.7 Å². The van der Waals surface area contributed by atoms with Gasteiger partial charge in [-0.2, -0.15) is 5.10 Å². The van der Waals surface area contributed by atoms with Crippen LogP contribution >= 0.6 is 0 Å². The van der Waals surface area contributed by atoms with Crippen molar-refractivity contribution >= 4 is 11.6 Å². The molecule has 2 aliphatic rings. The zero-order valence-electron chi connectivity index (χ0n) is 14.3. The van der Waals surface area contributed by atoms with Crippen LogP contribution in [0.15, 0.2) is 42.7 Å². The number of carbonyl (C=O) groups excluding carboxylic acids is 1. The fraction of sp³-hybridized carbons (Fsp3) is 0.474. The maximum atomic E-state index is 13.1. The molecule has 3 heterocycles. The average Bonchev–Trinajstić information content (AvgIpc) is 3.21. The normalized spacial score (nSPS) is 25.8. The summed E-state index contributed by atoms with van der Waals surface area (Å²) in [5.74, 6) is 0.185. The summed E-state index contributed by atoms with van der Waals surface area (Å²) in [7, 11) is 4.01. The molecule has 2 bridgehead atoms. The third kappa shape index (κ3) is 2.58. The lowest BCUT2D eigenvalue weighted by Crippen LogP contribution is -2.47. The number of fused-ring (bicyclic) bond motifs is 2. The molecule has 0 saturated carbocycles. The molecule has 0 N–H and O–H groups in total. The summed E-state index contributed by atoms with van der Waals surface area (Å²) in [5, 5.41) is 4.40. The number of aromatic nitrogens is 2. The Morgan fingerprint density at radius 3 is 2.50 bits per heavy atom. The van der Waals surface area contributed by atoms with Crippen LogP contribution in [0.25, 0.3) is 0 Å². The van der Waals surface area contributed by atoms with E-state index in [-0.39, 0.29) is 5.91 Å². The third-order valence-corrected chi connectivity index (χ3v) is 5.45. The first kappa shape index (κ1) is 15.2. The van der Waals surface area contributed by atoms with Gasteiger partial charge in [0.05, 0.1) is 6.04 Å². The Morgan fingerprint density at radius 1 is 1.12 bits per heavy atom. The molecule has 1 aromatic carbocycles. The van der Waals surface area contributed by atoms with Crippen LogP contribution in [-0.4, -0.2) is 46.8 Å². The first-order chi connectivity index (χ1) is 11.6. The van der Waals surface area contributed by atoms with Crippen LogP contribution < -0.4 is 4.90 Å². The van der Waals surface area contributed by atoms with E-state index in [0.29, 0.717) is 18.1 Å². The maximum absolute atomic E-state index is 13.1. The summed E-state index contributed by atoms with van der Waals surface area (Å²) >= 11 is 0. The molecule has 2 saturated heterocycles. The summed E-state index contributed by atoms with van der Waals surface area (Å²) in [5.41, 5.74) is 1.87. The van der Waals surface area contributed by atoms with Crippen molar-refractivity contribution in [3.05, 3.63) is 48.3 Å². The molecule has 2 aromatic rings. The summed E-state index contributed by atoms with van der Waals surface area (Å²) in [6, 6.07) is 11.0. The van der Waals surface area contributed by atoms with E-state index in [1.54, 1.807) is 0 Å². The molecule has 2 atom stereocenters. The molecular formula is C19H24N4O. The minimum absolute atomic E-state index is 0.185. The predicted octanol–water partition coefficient (Wildman–Crippen LogP) is 2.96. The van der Waals surface area contributed by atoms with E-state index in [4.69, 9.17) is 0 Å². The highest BCUT2D eigenvalue weighted by Crippen LogP contribution is 2.41. The van der Waals surface area contributed by atoms with Crippen LogP contribution in [0.4, 0.5) is 5.69 Å². The quantitative estimate of drug-likeness (QED) is 0.871. The lowest BCUT2D eigenvalue weighted by atomic mass is 9.96. The molecule has 0 radical (unpaired) electrons. The Kier molecular flexibility index (Phi) is 3.79. The number of carbonyl (C=O) groups is 1. The van der Waals surface area contributed by atoms with Crippen molar-refractivity contribution in [2.45, 2.75) is 43.8 Å². The molecule has 0 aliphatic carbocycles. The predicted molar refractivity (Wildman–Crippen MR) is 94.2 cm³/mol. The maximum Gasteiger partial charge on any atom is 0.254 e. The van der Waals surface area contributed by atoms with Gasteiger partial charge in [0.15, 0.2) is 0 Å². The van der Waals surface area contributed by atoms with Crippen molar-refractivity contribution in [1.29, 1.82) is 0 Å². The molecule has 1 aromatic heterocycles. The Hall–Kier alpha value is -2.30. The number of amides is 1. The van der Waals surface area contributed by atoms with Gasteiger partial charge in [0, 0.05) is 49.8 Å². The molecule has 4 rings (SSSR count). The highest BCUT2D eigenvalue weighted by molar-refractivity contribution is 5.95. The number of nitrogens with zero attached hydrogens (tertiary/aromatic N) is 4. The molecule has 2 aliphatic heterocycles. The molecular weight excluding hydrogens is 300 g/mol. The summed E-state index contributed by atoms with van der Waals surface area (Å²) in [6.45, 7) is 0. The van der Waals surface area contributed by atoms with Gasteiger partial charge >= 0.3 is 0 Å². The van der Waals surface area contributed by atoms with Crippen molar-refractivity contribution < 1.29 is 4.79 Å². The number of hydrogen-bond donors (Lipinski definition) is 0. The van der Waals surface area contributed by atoms with Gasteiger partial charge in [-0.3, -0.25) is 9.48 Å². The van der Waals surface area contributed by atoms with Gasteiger partial charge in [0.1, 0.15) is 0 Å². The SMILES string of the molecule is CN(C)c1cccc(C(=O)N2C3CCC2CC(n2cccn2)C3)c1. The Morgan fingerprint density at radius 2 is 1.88 bits per heavy atom. The molecule has 1 amide bonds. The highest BCUT2D eigenvalue weighted by atomic mass is 16.2. The van der Waals surface area contributed by atoms with Gasteiger partial charge < -0.3 is 9.80 Å². The summed E-state index contributed by atoms with van der Waals surface area (Å²) in [6.07, 6.45) is 8.13.